The molecule has 1 aliphatic rings. The van der Waals surface area contributed by atoms with Crippen molar-refractivity contribution in [2.45, 2.75) is 63.3 Å². The number of aromatic nitrogens is 3. The lowest BCUT2D eigenvalue weighted by Gasteiger charge is -2.31. The summed E-state index contributed by atoms with van der Waals surface area (Å²) in [6.45, 7) is 5.51. The molecule has 1 saturated heterocycles. The van der Waals surface area contributed by atoms with Gasteiger partial charge in [-0.1, -0.05) is 18.2 Å². The molecule has 1 aliphatic heterocycles. The number of rotatable bonds is 10. The number of nitrogens with zero attached hydrogens (tertiary/aromatic N) is 4. The average Bonchev–Trinajstić information content (AvgIpc) is 3.43. The van der Waals surface area contributed by atoms with Crippen LogP contribution in [0.2, 0.25) is 0 Å². The summed E-state index contributed by atoms with van der Waals surface area (Å²) in [7, 11) is -4.34. The summed E-state index contributed by atoms with van der Waals surface area (Å²) in [6, 6.07) is 11.9. The molecule has 3 aromatic rings. The average molecular weight is 575 g/mol. The Morgan fingerprint density at radius 2 is 1.95 bits per heavy atom. The van der Waals surface area contributed by atoms with Crippen LogP contribution in [0.5, 0.6) is 5.75 Å². The van der Waals surface area contributed by atoms with Crippen LogP contribution in [0.25, 0.3) is 5.52 Å². The van der Waals surface area contributed by atoms with E-state index < -0.39 is 55.9 Å². The van der Waals surface area contributed by atoms with Crippen LogP contribution in [0.3, 0.4) is 0 Å². The number of carbonyl (C=O) groups excluding carboxylic acids is 1. The number of hydrogen-bond acceptors (Lipinski definition) is 12. The maximum Gasteiger partial charge on any atom is 0.459 e. The number of aliphatic hydroxyl groups is 2. The normalized spacial score (nSPS) is 26.8. The Hall–Kier alpha value is -3.57. The van der Waals surface area contributed by atoms with E-state index in [-0.39, 0.29) is 17.3 Å². The number of anilines is 1. The van der Waals surface area contributed by atoms with Crippen molar-refractivity contribution in [2.24, 2.45) is 0 Å². The zero-order valence-electron chi connectivity index (χ0n) is 22.3. The van der Waals surface area contributed by atoms with Crippen LogP contribution in [0.4, 0.5) is 5.82 Å². The van der Waals surface area contributed by atoms with Crippen molar-refractivity contribution in [1.29, 1.82) is 5.26 Å². The Bertz CT molecular complexity index is 1460. The van der Waals surface area contributed by atoms with Gasteiger partial charge in [-0.05, 0) is 52.0 Å². The lowest BCUT2D eigenvalue weighted by atomic mass is 9.90. The molecule has 1 unspecified atom stereocenters. The third kappa shape index (κ3) is 5.53. The van der Waals surface area contributed by atoms with Gasteiger partial charge in [0.25, 0.3) is 0 Å². The number of benzene rings is 1. The van der Waals surface area contributed by atoms with Gasteiger partial charge in [-0.15, -0.1) is 0 Å². The van der Waals surface area contributed by atoms with E-state index in [1.54, 1.807) is 38.1 Å². The van der Waals surface area contributed by atoms with Gasteiger partial charge in [0.2, 0.25) is 5.60 Å². The SMILES string of the molecule is CC(C)OC(=O)[C@@H](C)NP(=O)(OC[C@@]1(C)O[C@@](C#N)(c2ccc3c(N)ncnn23)[C@H](O)[C@@H]1O)Oc1ccccc1. The number of carbonyl (C=O) groups is 1. The lowest BCUT2D eigenvalue weighted by molar-refractivity contribution is -0.149. The zero-order valence-corrected chi connectivity index (χ0v) is 23.2. The van der Waals surface area contributed by atoms with Crippen LogP contribution in [-0.4, -0.2) is 67.3 Å². The van der Waals surface area contributed by atoms with Crippen LogP contribution in [0, 0.1) is 11.3 Å². The third-order valence-electron chi connectivity index (χ3n) is 6.31. The van der Waals surface area contributed by atoms with Crippen molar-refractivity contribution >= 4 is 25.1 Å². The quantitative estimate of drug-likeness (QED) is 0.201. The molecule has 0 saturated carbocycles. The first-order chi connectivity index (χ1) is 18.8. The largest absolute Gasteiger partial charge is 0.462 e. The van der Waals surface area contributed by atoms with Crippen LogP contribution in [0.15, 0.2) is 48.8 Å². The molecule has 0 bridgehead atoms. The Kier molecular flexibility index (Phi) is 8.18. The molecule has 1 aromatic carbocycles. The van der Waals surface area contributed by atoms with Crippen LogP contribution in [-0.2, 0) is 29.0 Å². The van der Waals surface area contributed by atoms with Crippen LogP contribution in [0.1, 0.15) is 33.4 Å². The number of nitrogen functional groups attached to an aromatic ring is 1. The fourth-order valence-electron chi connectivity index (χ4n) is 4.29. The highest BCUT2D eigenvalue weighted by molar-refractivity contribution is 7.52. The number of para-hydroxylation sites is 1. The number of hydrogen-bond donors (Lipinski definition) is 4. The fraction of sp³-hybridized carbons (Fsp3) is 0.440. The summed E-state index contributed by atoms with van der Waals surface area (Å²) in [5.41, 5.74) is 2.45. The molecule has 6 atom stereocenters. The number of nitrogens with two attached hydrogens (primary N) is 1. The molecule has 4 rings (SSSR count). The Balaban J connectivity index is 1.62. The molecule has 0 aliphatic carbocycles. The van der Waals surface area contributed by atoms with Crippen molar-refractivity contribution in [2.75, 3.05) is 12.3 Å². The Labute approximate surface area is 230 Å². The van der Waals surface area contributed by atoms with E-state index in [0.717, 1.165) is 0 Å². The topological polar surface area (TPSA) is 204 Å². The predicted molar refractivity (Wildman–Crippen MR) is 141 cm³/mol. The van der Waals surface area contributed by atoms with E-state index in [1.807, 2.05) is 6.07 Å². The number of fused-ring (bicyclic) bond motifs is 1. The number of nitriles is 1. The molecule has 40 heavy (non-hydrogen) atoms. The Morgan fingerprint density at radius 1 is 1.25 bits per heavy atom. The monoisotopic (exact) mass is 574 g/mol. The van der Waals surface area contributed by atoms with Crippen molar-refractivity contribution in [3.63, 3.8) is 0 Å². The summed E-state index contributed by atoms with van der Waals surface area (Å²) in [4.78, 5) is 16.3. The zero-order chi connectivity index (χ0) is 29.3. The summed E-state index contributed by atoms with van der Waals surface area (Å²) < 4.78 is 37.7. The third-order valence-corrected chi connectivity index (χ3v) is 7.93. The van der Waals surface area contributed by atoms with Gasteiger partial charge in [-0.3, -0.25) is 9.32 Å². The van der Waals surface area contributed by atoms with Gasteiger partial charge in [-0.25, -0.2) is 14.1 Å². The standard InChI is InChI=1S/C25H31N6O8P/c1-15(2)37-23(34)16(3)30-40(35,38-17-8-6-5-7-9-17)36-13-24(4)20(32)21(33)25(12-26,39-24)19-11-10-18-22(27)28-14-29-31(18)19/h5-11,14-16,20-21,32-33H,13H2,1-4H3,(H,30,35)(H2,27,28,29)/t16-,20+,21-,24-,25+,40?/m1/s1. The first-order valence-corrected chi connectivity index (χ1v) is 13.9. The highest BCUT2D eigenvalue weighted by atomic mass is 31.2. The first-order valence-electron chi connectivity index (χ1n) is 12.4. The van der Waals surface area contributed by atoms with Crippen molar-refractivity contribution in [3.05, 3.63) is 54.5 Å². The molecular formula is C25H31N6O8P. The summed E-state index contributed by atoms with van der Waals surface area (Å²) in [5.74, 6) is -0.396. The lowest BCUT2D eigenvalue weighted by Crippen LogP contribution is -2.45. The summed E-state index contributed by atoms with van der Waals surface area (Å²) >= 11 is 0. The molecule has 2 aromatic heterocycles. The van der Waals surface area contributed by atoms with Crippen molar-refractivity contribution < 1.29 is 38.1 Å². The van der Waals surface area contributed by atoms with Gasteiger partial charge in [0.05, 0.1) is 18.4 Å². The predicted octanol–water partition coefficient (Wildman–Crippen LogP) is 1.67. The minimum atomic E-state index is -4.34. The number of nitrogens with one attached hydrogen (secondary N) is 1. The molecule has 0 amide bonds. The second-order valence-electron chi connectivity index (χ2n) is 9.82. The highest BCUT2D eigenvalue weighted by Crippen LogP contribution is 2.50. The fourth-order valence-corrected chi connectivity index (χ4v) is 5.88. The molecule has 1 fully saturated rings. The maximum atomic E-state index is 13.9. The van der Waals surface area contributed by atoms with E-state index in [0.29, 0.717) is 5.52 Å². The summed E-state index contributed by atoms with van der Waals surface area (Å²) in [6.07, 6.45) is -2.71. The highest BCUT2D eigenvalue weighted by Gasteiger charge is 2.63. The van der Waals surface area contributed by atoms with E-state index in [4.69, 9.17) is 24.3 Å². The minimum absolute atomic E-state index is 0.0845. The maximum absolute atomic E-state index is 13.9. The smallest absolute Gasteiger partial charge is 0.459 e. The van der Waals surface area contributed by atoms with Gasteiger partial charge in [0, 0.05) is 0 Å². The van der Waals surface area contributed by atoms with E-state index >= 15 is 0 Å². The molecule has 0 radical (unpaired) electrons. The van der Waals surface area contributed by atoms with Gasteiger partial charge < -0.3 is 29.9 Å². The molecular weight excluding hydrogens is 543 g/mol. The Morgan fingerprint density at radius 3 is 2.60 bits per heavy atom. The van der Waals surface area contributed by atoms with Crippen molar-refractivity contribution in [3.8, 4) is 11.8 Å². The molecule has 14 nitrogen and oxygen atoms in total. The van der Waals surface area contributed by atoms with Gasteiger partial charge in [0.15, 0.2) is 5.82 Å². The molecule has 3 heterocycles. The second-order valence-corrected chi connectivity index (χ2v) is 11.5. The minimum Gasteiger partial charge on any atom is -0.462 e. The van der Waals surface area contributed by atoms with Gasteiger partial charge in [0.1, 0.15) is 47.5 Å². The molecule has 0 spiro atoms. The van der Waals surface area contributed by atoms with Crippen molar-refractivity contribution in [1.82, 2.24) is 19.7 Å². The second kappa shape index (κ2) is 11.1. The van der Waals surface area contributed by atoms with Crippen LogP contribution >= 0.6 is 7.75 Å². The van der Waals surface area contributed by atoms with Gasteiger partial charge in [-0.2, -0.15) is 15.4 Å². The molecule has 5 N–H and O–H groups in total. The van der Waals surface area contributed by atoms with E-state index in [9.17, 15) is 24.8 Å². The first kappa shape index (κ1) is 29.4. The van der Waals surface area contributed by atoms with Crippen LogP contribution < -0.4 is 15.3 Å². The number of esters is 1. The van der Waals surface area contributed by atoms with Gasteiger partial charge >= 0.3 is 13.7 Å². The molecule has 214 valence electrons. The number of ether oxygens (including phenoxy) is 2. The summed E-state index contributed by atoms with van der Waals surface area (Å²) in [5, 5.41) is 39.0. The number of aliphatic hydroxyl groups excluding tert-OH is 2. The van der Waals surface area contributed by atoms with E-state index in [1.165, 1.54) is 42.9 Å². The molecule has 15 heteroatoms. The van der Waals surface area contributed by atoms with E-state index in [2.05, 4.69) is 15.2 Å².